The molecule has 0 heterocycles. The summed E-state index contributed by atoms with van der Waals surface area (Å²) in [7, 11) is 0. The van der Waals surface area contributed by atoms with E-state index in [0.29, 0.717) is 12.0 Å². The van der Waals surface area contributed by atoms with E-state index in [9.17, 15) is 9.59 Å². The zero-order valence-electron chi connectivity index (χ0n) is 15.0. The molecule has 0 saturated heterocycles. The molecule has 0 atom stereocenters. The van der Waals surface area contributed by atoms with Gasteiger partial charge in [-0.3, -0.25) is 14.5 Å². The summed E-state index contributed by atoms with van der Waals surface area (Å²) in [5.74, 6) is 0.00698. The van der Waals surface area contributed by atoms with Gasteiger partial charge < -0.3 is 0 Å². The number of hydrogen-bond donors (Lipinski definition) is 0. The second-order valence-corrected chi connectivity index (χ2v) is 6.70. The van der Waals surface area contributed by atoms with Crippen molar-refractivity contribution in [2.24, 2.45) is 0 Å². The minimum absolute atomic E-state index is 0.0849. The molecule has 1 aliphatic rings. The second-order valence-electron chi connectivity index (χ2n) is 6.70. The number of hydrogen-bond acceptors (Lipinski definition) is 2. The molecule has 0 bridgehead atoms. The first-order chi connectivity index (χ1) is 12.0. The van der Waals surface area contributed by atoms with Crippen LogP contribution in [0, 0.1) is 20.8 Å². The predicted octanol–water partition coefficient (Wildman–Crippen LogP) is 4.90. The van der Waals surface area contributed by atoms with E-state index in [1.807, 2.05) is 63.2 Å². The highest BCUT2D eigenvalue weighted by atomic mass is 16.2. The fraction of sp³-hybridized carbons (Fsp3) is 0.273. The van der Waals surface area contributed by atoms with Gasteiger partial charge in [0.25, 0.3) is 5.91 Å². The van der Waals surface area contributed by atoms with Crippen LogP contribution in [0.25, 0.3) is 0 Å². The number of nitrogens with zero attached hydrogens (tertiary/aromatic N) is 1. The molecule has 3 nitrogen and oxygen atoms in total. The Kier molecular flexibility index (Phi) is 4.84. The fourth-order valence-corrected chi connectivity index (χ4v) is 3.31. The Morgan fingerprint density at radius 3 is 2.16 bits per heavy atom. The highest BCUT2D eigenvalue weighted by Crippen LogP contribution is 2.32. The first-order valence-corrected chi connectivity index (χ1v) is 8.68. The number of anilines is 1. The molecule has 0 fully saturated rings. The van der Waals surface area contributed by atoms with Gasteiger partial charge in [-0.25, -0.2) is 0 Å². The van der Waals surface area contributed by atoms with Gasteiger partial charge in [-0.05, 0) is 56.9 Å². The zero-order chi connectivity index (χ0) is 18.0. The third kappa shape index (κ3) is 3.55. The number of aryl methyl sites for hydroxylation is 3. The van der Waals surface area contributed by atoms with Crippen LogP contribution in [0.4, 0.5) is 5.69 Å². The molecular formula is C22H23NO2. The number of para-hydroxylation sites is 1. The smallest absolute Gasteiger partial charge is 0.262 e. The Balaban J connectivity index is 2.14. The number of amides is 1. The van der Waals surface area contributed by atoms with Crippen LogP contribution >= 0.6 is 0 Å². The van der Waals surface area contributed by atoms with Gasteiger partial charge in [-0.15, -0.1) is 0 Å². The van der Waals surface area contributed by atoms with Gasteiger partial charge in [0.1, 0.15) is 0 Å². The van der Waals surface area contributed by atoms with E-state index in [1.54, 1.807) is 11.0 Å². The summed E-state index contributed by atoms with van der Waals surface area (Å²) in [6.45, 7) is 6.01. The maximum atomic E-state index is 13.3. The number of ketones is 1. The van der Waals surface area contributed by atoms with Crippen molar-refractivity contribution in [3.63, 3.8) is 0 Å². The average Bonchev–Trinajstić information content (AvgIpc) is 2.58. The van der Waals surface area contributed by atoms with Crippen LogP contribution in [0.3, 0.4) is 0 Å². The van der Waals surface area contributed by atoms with Crippen LogP contribution in [0.1, 0.15) is 46.3 Å². The van der Waals surface area contributed by atoms with Gasteiger partial charge in [-0.2, -0.15) is 0 Å². The Labute approximate surface area is 149 Å². The SMILES string of the molecule is Cc1ccc(C(=O)N(C2=CC(=O)CCC2)c2c(C)cccc2C)cc1. The van der Waals surface area contributed by atoms with Crippen molar-refractivity contribution in [3.05, 3.63) is 76.5 Å². The van der Waals surface area contributed by atoms with Crippen LogP contribution in [0.5, 0.6) is 0 Å². The van der Waals surface area contributed by atoms with Crippen molar-refractivity contribution >= 4 is 17.4 Å². The molecule has 0 saturated carbocycles. The maximum absolute atomic E-state index is 13.3. The van der Waals surface area contributed by atoms with Crippen molar-refractivity contribution in [2.45, 2.75) is 40.0 Å². The van der Waals surface area contributed by atoms with Crippen LogP contribution in [-0.2, 0) is 4.79 Å². The molecule has 0 radical (unpaired) electrons. The van der Waals surface area contributed by atoms with Gasteiger partial charge in [0, 0.05) is 23.8 Å². The van der Waals surface area contributed by atoms with Crippen molar-refractivity contribution in [3.8, 4) is 0 Å². The maximum Gasteiger partial charge on any atom is 0.262 e. The Bertz CT molecular complexity index is 827. The molecule has 2 aromatic rings. The molecule has 0 spiro atoms. The Hall–Kier alpha value is -2.68. The number of carbonyl (C=O) groups excluding carboxylic acids is 2. The summed E-state index contributed by atoms with van der Waals surface area (Å²) in [5, 5.41) is 0. The predicted molar refractivity (Wildman–Crippen MR) is 101 cm³/mol. The Morgan fingerprint density at radius 1 is 0.920 bits per heavy atom. The summed E-state index contributed by atoms with van der Waals surface area (Å²) < 4.78 is 0. The van der Waals surface area contributed by atoms with Crippen LogP contribution < -0.4 is 4.90 Å². The third-order valence-corrected chi connectivity index (χ3v) is 4.64. The van der Waals surface area contributed by atoms with Crippen LogP contribution in [0.2, 0.25) is 0 Å². The Morgan fingerprint density at radius 2 is 1.56 bits per heavy atom. The second kappa shape index (κ2) is 7.06. The molecule has 3 heteroatoms. The molecule has 1 amide bonds. The molecule has 0 aliphatic heterocycles. The van der Waals surface area contributed by atoms with Crippen molar-refractivity contribution in [1.29, 1.82) is 0 Å². The highest BCUT2D eigenvalue weighted by molar-refractivity contribution is 6.10. The topological polar surface area (TPSA) is 37.4 Å². The summed E-state index contributed by atoms with van der Waals surface area (Å²) in [4.78, 5) is 27.1. The van der Waals surface area contributed by atoms with E-state index in [-0.39, 0.29) is 11.7 Å². The van der Waals surface area contributed by atoms with E-state index in [0.717, 1.165) is 40.9 Å². The number of carbonyl (C=O) groups is 2. The standard InChI is InChI=1S/C22H23NO2/c1-15-10-12-18(13-11-15)22(25)23(19-8-5-9-20(24)14-19)21-16(2)6-4-7-17(21)3/h4,6-7,10-14H,5,8-9H2,1-3H3. The van der Waals surface area contributed by atoms with E-state index in [1.165, 1.54) is 0 Å². The summed E-state index contributed by atoms with van der Waals surface area (Å²) in [5.41, 5.74) is 5.47. The largest absolute Gasteiger partial charge is 0.295 e. The van der Waals surface area contributed by atoms with Gasteiger partial charge in [-0.1, -0.05) is 35.9 Å². The molecule has 3 rings (SSSR count). The minimum Gasteiger partial charge on any atom is -0.295 e. The number of allylic oxidation sites excluding steroid dienone is 2. The average molecular weight is 333 g/mol. The third-order valence-electron chi connectivity index (χ3n) is 4.64. The molecule has 0 unspecified atom stereocenters. The van der Waals surface area contributed by atoms with Crippen LogP contribution in [-0.4, -0.2) is 11.7 Å². The fourth-order valence-electron chi connectivity index (χ4n) is 3.31. The van der Waals surface area contributed by atoms with Gasteiger partial charge in [0.2, 0.25) is 0 Å². The van der Waals surface area contributed by atoms with Gasteiger partial charge >= 0.3 is 0 Å². The number of rotatable bonds is 3. The lowest BCUT2D eigenvalue weighted by atomic mass is 9.99. The molecule has 1 aliphatic carbocycles. The molecule has 2 aromatic carbocycles. The number of benzene rings is 2. The van der Waals surface area contributed by atoms with Crippen molar-refractivity contribution in [2.75, 3.05) is 4.90 Å². The normalized spacial score (nSPS) is 14.2. The molecular weight excluding hydrogens is 310 g/mol. The lowest BCUT2D eigenvalue weighted by Crippen LogP contribution is -2.33. The van der Waals surface area contributed by atoms with Gasteiger partial charge in [0.15, 0.2) is 5.78 Å². The lowest BCUT2D eigenvalue weighted by molar-refractivity contribution is -0.115. The van der Waals surface area contributed by atoms with E-state index in [2.05, 4.69) is 0 Å². The highest BCUT2D eigenvalue weighted by Gasteiger charge is 2.26. The van der Waals surface area contributed by atoms with Crippen molar-refractivity contribution in [1.82, 2.24) is 0 Å². The van der Waals surface area contributed by atoms with E-state index >= 15 is 0 Å². The molecule has 0 aromatic heterocycles. The summed E-state index contributed by atoms with van der Waals surface area (Å²) >= 11 is 0. The van der Waals surface area contributed by atoms with Crippen LogP contribution in [0.15, 0.2) is 54.2 Å². The quantitative estimate of drug-likeness (QED) is 0.801. The van der Waals surface area contributed by atoms with E-state index in [4.69, 9.17) is 0 Å². The zero-order valence-corrected chi connectivity index (χ0v) is 15.0. The van der Waals surface area contributed by atoms with Gasteiger partial charge in [0.05, 0.1) is 5.69 Å². The lowest BCUT2D eigenvalue weighted by Gasteiger charge is -2.30. The van der Waals surface area contributed by atoms with E-state index < -0.39 is 0 Å². The summed E-state index contributed by atoms with van der Waals surface area (Å²) in [6.07, 6.45) is 3.72. The molecule has 25 heavy (non-hydrogen) atoms. The minimum atomic E-state index is -0.0849. The van der Waals surface area contributed by atoms with Crippen molar-refractivity contribution < 1.29 is 9.59 Å². The monoisotopic (exact) mass is 333 g/mol. The first kappa shape index (κ1) is 17.2. The summed E-state index contributed by atoms with van der Waals surface area (Å²) in [6, 6.07) is 13.6. The first-order valence-electron chi connectivity index (χ1n) is 8.68. The molecule has 128 valence electrons. The molecule has 0 N–H and O–H groups in total.